The number of aromatic nitrogens is 3. The topological polar surface area (TPSA) is 70.8 Å². The summed E-state index contributed by atoms with van der Waals surface area (Å²) in [5.74, 6) is 0.126. The summed E-state index contributed by atoms with van der Waals surface area (Å²) < 4.78 is 1.35. The van der Waals surface area contributed by atoms with Crippen molar-refractivity contribution in [3.8, 4) is 0 Å². The molecule has 1 aliphatic rings. The second-order valence-electron chi connectivity index (χ2n) is 6.07. The Labute approximate surface area is 144 Å². The van der Waals surface area contributed by atoms with Crippen LogP contribution in [0.5, 0.6) is 0 Å². The van der Waals surface area contributed by atoms with Crippen LogP contribution in [0, 0.1) is 0 Å². The maximum Gasteiger partial charge on any atom is 0.275 e. The van der Waals surface area contributed by atoms with Crippen molar-refractivity contribution < 1.29 is 4.79 Å². The highest BCUT2D eigenvalue weighted by Crippen LogP contribution is 2.23. The van der Waals surface area contributed by atoms with E-state index in [0.717, 1.165) is 51.0 Å². The van der Waals surface area contributed by atoms with Gasteiger partial charge in [0.1, 0.15) is 0 Å². The molecule has 24 heavy (non-hydrogen) atoms. The highest BCUT2D eigenvalue weighted by atomic mass is 32.1. The fraction of sp³-hybridized carbons (Fsp3) is 0.625. The van der Waals surface area contributed by atoms with Gasteiger partial charge < -0.3 is 9.80 Å². The molecule has 0 bridgehead atoms. The highest BCUT2D eigenvalue weighted by molar-refractivity contribution is 7.20. The van der Waals surface area contributed by atoms with Crippen LogP contribution in [-0.2, 0) is 11.2 Å². The van der Waals surface area contributed by atoms with Crippen molar-refractivity contribution in [1.82, 2.24) is 19.5 Å². The molecule has 1 fully saturated rings. The molecular formula is C16H23N5O2S. The van der Waals surface area contributed by atoms with Crippen LogP contribution in [0.25, 0.3) is 4.96 Å². The molecule has 7 nitrogen and oxygen atoms in total. The van der Waals surface area contributed by atoms with E-state index in [1.807, 2.05) is 9.80 Å². The van der Waals surface area contributed by atoms with Gasteiger partial charge in [0.2, 0.25) is 16.0 Å². The maximum atomic E-state index is 12.4. The Morgan fingerprint density at radius 2 is 2.04 bits per heavy atom. The van der Waals surface area contributed by atoms with E-state index in [0.29, 0.717) is 16.6 Å². The molecule has 8 heteroatoms. The van der Waals surface area contributed by atoms with Gasteiger partial charge in [-0.2, -0.15) is 4.52 Å². The Morgan fingerprint density at radius 1 is 1.21 bits per heavy atom. The monoisotopic (exact) mass is 349 g/mol. The van der Waals surface area contributed by atoms with Crippen LogP contribution in [0.2, 0.25) is 0 Å². The zero-order chi connectivity index (χ0) is 17.1. The van der Waals surface area contributed by atoms with E-state index in [1.54, 1.807) is 6.07 Å². The lowest BCUT2D eigenvalue weighted by Crippen LogP contribution is -2.37. The normalized spacial score (nSPS) is 16.0. The van der Waals surface area contributed by atoms with Gasteiger partial charge in [0.25, 0.3) is 5.56 Å². The highest BCUT2D eigenvalue weighted by Gasteiger charge is 2.24. The van der Waals surface area contributed by atoms with Crippen molar-refractivity contribution in [1.29, 1.82) is 0 Å². The molecule has 1 amide bonds. The molecule has 0 aliphatic carbocycles. The third-order valence-electron chi connectivity index (χ3n) is 4.09. The summed E-state index contributed by atoms with van der Waals surface area (Å²) in [6.45, 7) is 6.81. The van der Waals surface area contributed by atoms with Crippen LogP contribution in [0.3, 0.4) is 0 Å². The van der Waals surface area contributed by atoms with Crippen molar-refractivity contribution in [2.24, 2.45) is 0 Å². The quantitative estimate of drug-likeness (QED) is 0.819. The Balaban J connectivity index is 1.88. The van der Waals surface area contributed by atoms with E-state index in [4.69, 9.17) is 0 Å². The minimum Gasteiger partial charge on any atom is -0.341 e. The van der Waals surface area contributed by atoms with Crippen LogP contribution >= 0.6 is 11.3 Å². The molecule has 0 radical (unpaired) electrons. The molecule has 0 N–H and O–H groups in total. The number of hydrogen-bond acceptors (Lipinski definition) is 6. The van der Waals surface area contributed by atoms with Crippen LogP contribution in [-0.4, -0.2) is 51.6 Å². The summed E-state index contributed by atoms with van der Waals surface area (Å²) in [5, 5.41) is 5.09. The Bertz CT molecular complexity index is 784. The Morgan fingerprint density at radius 3 is 2.79 bits per heavy atom. The van der Waals surface area contributed by atoms with Gasteiger partial charge in [-0.25, -0.2) is 4.98 Å². The van der Waals surface area contributed by atoms with Gasteiger partial charge in [0.05, 0.1) is 6.54 Å². The smallest absolute Gasteiger partial charge is 0.275 e. The molecule has 2 aromatic heterocycles. The van der Waals surface area contributed by atoms with Gasteiger partial charge in [-0.1, -0.05) is 31.6 Å². The zero-order valence-electron chi connectivity index (χ0n) is 14.2. The molecule has 3 rings (SSSR count). The van der Waals surface area contributed by atoms with Gasteiger partial charge in [-0.3, -0.25) is 9.59 Å². The van der Waals surface area contributed by atoms with E-state index in [1.165, 1.54) is 15.9 Å². The second-order valence-corrected chi connectivity index (χ2v) is 7.01. The minimum absolute atomic E-state index is 0.126. The van der Waals surface area contributed by atoms with E-state index >= 15 is 0 Å². The first kappa shape index (κ1) is 16.9. The minimum atomic E-state index is -0.153. The van der Waals surface area contributed by atoms with Crippen molar-refractivity contribution in [3.63, 3.8) is 0 Å². The first-order chi connectivity index (χ1) is 11.6. The summed E-state index contributed by atoms with van der Waals surface area (Å²) in [5.41, 5.74) is 0.651. The largest absolute Gasteiger partial charge is 0.341 e. The zero-order valence-corrected chi connectivity index (χ0v) is 15.0. The summed E-state index contributed by atoms with van der Waals surface area (Å²) in [6, 6.07) is 1.55. The van der Waals surface area contributed by atoms with Crippen molar-refractivity contribution in [2.75, 3.05) is 31.1 Å². The molecule has 0 atom stereocenters. The molecular weight excluding hydrogens is 326 g/mol. The summed E-state index contributed by atoms with van der Waals surface area (Å²) in [4.78, 5) is 33.6. The molecule has 3 heterocycles. The average Bonchev–Trinajstić information content (AvgIpc) is 2.89. The molecule has 0 unspecified atom stereocenters. The van der Waals surface area contributed by atoms with Crippen LogP contribution < -0.4 is 10.5 Å². The fourth-order valence-corrected chi connectivity index (χ4v) is 3.90. The van der Waals surface area contributed by atoms with Gasteiger partial charge in [0, 0.05) is 31.4 Å². The van der Waals surface area contributed by atoms with E-state index in [9.17, 15) is 9.59 Å². The molecule has 0 saturated carbocycles. The van der Waals surface area contributed by atoms with Crippen LogP contribution in [0.15, 0.2) is 10.9 Å². The fourth-order valence-electron chi connectivity index (χ4n) is 2.95. The lowest BCUT2D eigenvalue weighted by Gasteiger charge is -2.20. The first-order valence-electron chi connectivity index (χ1n) is 8.55. The average molecular weight is 349 g/mol. The van der Waals surface area contributed by atoms with Gasteiger partial charge >= 0.3 is 0 Å². The predicted molar refractivity (Wildman–Crippen MR) is 94.8 cm³/mol. The van der Waals surface area contributed by atoms with Gasteiger partial charge in [0.15, 0.2) is 0 Å². The second kappa shape index (κ2) is 7.29. The summed E-state index contributed by atoms with van der Waals surface area (Å²) in [7, 11) is 0. The first-order valence-corrected chi connectivity index (χ1v) is 9.36. The number of amides is 1. The number of hydrogen-bond donors (Lipinski definition) is 0. The molecule has 0 aromatic carbocycles. The van der Waals surface area contributed by atoms with Gasteiger partial charge in [-0.15, -0.1) is 5.10 Å². The number of carbonyl (C=O) groups is 1. The van der Waals surface area contributed by atoms with E-state index < -0.39 is 0 Å². The molecule has 2 aromatic rings. The van der Waals surface area contributed by atoms with E-state index in [-0.39, 0.29) is 11.5 Å². The van der Waals surface area contributed by atoms with Crippen molar-refractivity contribution in [3.05, 3.63) is 22.1 Å². The number of aryl methyl sites for hydroxylation is 1. The van der Waals surface area contributed by atoms with E-state index in [2.05, 4.69) is 23.9 Å². The van der Waals surface area contributed by atoms with Crippen molar-refractivity contribution in [2.45, 2.75) is 39.5 Å². The molecule has 1 aliphatic heterocycles. The summed E-state index contributed by atoms with van der Waals surface area (Å²) in [6.07, 6.45) is 3.60. The predicted octanol–water partition coefficient (Wildman–Crippen LogP) is 1.55. The van der Waals surface area contributed by atoms with Crippen LogP contribution in [0.4, 0.5) is 5.13 Å². The van der Waals surface area contributed by atoms with Crippen molar-refractivity contribution >= 4 is 27.3 Å². The Kier molecular flexibility index (Phi) is 5.13. The third-order valence-corrected chi connectivity index (χ3v) is 5.06. The number of rotatable bonds is 5. The number of carbonyl (C=O) groups excluding carboxylic acids is 1. The molecule has 130 valence electrons. The standard InChI is InChI=1S/C16H23N5O2S/c1-3-6-12-10-13(22)21-15(17-12)24-16(18-21)20-9-5-8-19(7-4-2)14(23)11-20/h10H,3-9,11H2,1-2H3. The van der Waals surface area contributed by atoms with Crippen LogP contribution in [0.1, 0.15) is 38.8 Å². The lowest BCUT2D eigenvalue weighted by molar-refractivity contribution is -0.129. The number of nitrogens with zero attached hydrogens (tertiary/aromatic N) is 5. The number of anilines is 1. The summed E-state index contributed by atoms with van der Waals surface area (Å²) >= 11 is 1.38. The number of fused-ring (bicyclic) bond motifs is 1. The SMILES string of the molecule is CCCc1cc(=O)n2nc(N3CCCN(CCC)C(=O)C3)sc2n1. The molecule has 1 saturated heterocycles. The Hall–Kier alpha value is -1.96. The maximum absolute atomic E-state index is 12.4. The molecule has 0 spiro atoms. The van der Waals surface area contributed by atoms with Gasteiger partial charge in [-0.05, 0) is 19.3 Å². The lowest BCUT2D eigenvalue weighted by atomic mass is 10.2. The third kappa shape index (κ3) is 3.43.